The average Bonchev–Trinajstić information content (AvgIpc) is 2.86. The summed E-state index contributed by atoms with van der Waals surface area (Å²) in [5.41, 5.74) is 7.01. The Morgan fingerprint density at radius 2 is 1.78 bits per heavy atom. The molecule has 5 nitrogen and oxygen atoms in total. The quantitative estimate of drug-likeness (QED) is 0.346. The van der Waals surface area contributed by atoms with Crippen molar-refractivity contribution in [3.05, 3.63) is 95.8 Å². The number of fused-ring (bicyclic) bond motifs is 2. The number of nitrogens with zero attached hydrogens (tertiary/aromatic N) is 2. The number of hydrogen-bond donors (Lipinski definition) is 1. The van der Waals surface area contributed by atoms with Crippen LogP contribution in [0, 0.1) is 0 Å². The van der Waals surface area contributed by atoms with Gasteiger partial charge in [-0.15, -0.1) is 0 Å². The second-order valence-electron chi connectivity index (χ2n) is 7.52. The van der Waals surface area contributed by atoms with E-state index < -0.39 is 0 Å². The van der Waals surface area contributed by atoms with Crippen LogP contribution in [0.25, 0.3) is 33.2 Å². The fourth-order valence-electron chi connectivity index (χ4n) is 3.67. The van der Waals surface area contributed by atoms with E-state index >= 15 is 0 Å². The van der Waals surface area contributed by atoms with Crippen molar-refractivity contribution < 1.29 is 9.15 Å². The standard InChI is InChI=1S/C27H23N3O2/c1-3-18-8-14-25-22(16-18)24(17-26(32-25)20-9-12-21(31-2)13-10-20)29-30-27-15-11-19-6-4-5-7-23(19)28-27/h4-17H,3H2,1-2H3,(H,28,30). The number of methoxy groups -OCH3 is 1. The fourth-order valence-corrected chi connectivity index (χ4v) is 3.67. The molecule has 0 spiro atoms. The van der Waals surface area contributed by atoms with Crippen LogP contribution >= 0.6 is 0 Å². The van der Waals surface area contributed by atoms with Gasteiger partial charge >= 0.3 is 0 Å². The summed E-state index contributed by atoms with van der Waals surface area (Å²) in [6.45, 7) is 2.14. The zero-order valence-corrected chi connectivity index (χ0v) is 18.0. The number of para-hydroxylation sites is 1. The molecular formula is C27H23N3O2. The lowest BCUT2D eigenvalue weighted by Gasteiger charge is -2.08. The number of aromatic nitrogens is 1. The Hall–Kier alpha value is -4.12. The van der Waals surface area contributed by atoms with E-state index in [1.54, 1.807) is 7.11 Å². The largest absolute Gasteiger partial charge is 0.497 e. The third-order valence-corrected chi connectivity index (χ3v) is 5.48. The van der Waals surface area contributed by atoms with Gasteiger partial charge in [0, 0.05) is 22.4 Å². The molecule has 1 N–H and O–H groups in total. The molecule has 0 aliphatic carbocycles. The zero-order valence-electron chi connectivity index (χ0n) is 18.0. The van der Waals surface area contributed by atoms with E-state index in [2.05, 4.69) is 29.5 Å². The van der Waals surface area contributed by atoms with Crippen LogP contribution < -0.4 is 15.5 Å². The van der Waals surface area contributed by atoms with E-state index in [0.717, 1.165) is 50.7 Å². The number of rotatable bonds is 5. The summed E-state index contributed by atoms with van der Waals surface area (Å²) in [7, 11) is 1.66. The molecule has 0 radical (unpaired) electrons. The van der Waals surface area contributed by atoms with E-state index in [1.165, 1.54) is 5.56 Å². The first-order chi connectivity index (χ1) is 15.7. The van der Waals surface area contributed by atoms with Gasteiger partial charge in [-0.2, -0.15) is 5.10 Å². The van der Waals surface area contributed by atoms with Gasteiger partial charge in [-0.05, 0) is 66.6 Å². The first kappa shape index (κ1) is 19.8. The Kier molecular flexibility index (Phi) is 5.30. The predicted octanol–water partition coefficient (Wildman–Crippen LogP) is 6.15. The van der Waals surface area contributed by atoms with Crippen LogP contribution in [-0.2, 0) is 6.42 Å². The van der Waals surface area contributed by atoms with Crippen molar-refractivity contribution in [3.63, 3.8) is 0 Å². The van der Waals surface area contributed by atoms with Crippen molar-refractivity contribution in [3.8, 4) is 17.1 Å². The average molecular weight is 422 g/mol. The molecule has 0 amide bonds. The maximum absolute atomic E-state index is 6.23. The van der Waals surface area contributed by atoms with Gasteiger partial charge in [0.2, 0.25) is 0 Å². The molecule has 0 saturated carbocycles. The first-order valence-electron chi connectivity index (χ1n) is 10.6. The minimum absolute atomic E-state index is 0.690. The molecule has 0 fully saturated rings. The van der Waals surface area contributed by atoms with E-state index in [4.69, 9.17) is 14.3 Å². The summed E-state index contributed by atoms with van der Waals surface area (Å²) in [6, 6.07) is 28.0. The highest BCUT2D eigenvalue weighted by molar-refractivity contribution is 5.81. The van der Waals surface area contributed by atoms with Crippen molar-refractivity contribution in [2.75, 3.05) is 12.5 Å². The van der Waals surface area contributed by atoms with Crippen LogP contribution in [0.3, 0.4) is 0 Å². The Morgan fingerprint density at radius 3 is 2.59 bits per heavy atom. The SMILES string of the molecule is CCc1ccc2oc(-c3ccc(OC)cc3)cc(=NNc3ccc4ccccc4n3)c2c1. The smallest absolute Gasteiger partial charge is 0.146 e. The van der Waals surface area contributed by atoms with E-state index in [0.29, 0.717) is 5.82 Å². The molecule has 3 aromatic carbocycles. The molecule has 2 heterocycles. The summed E-state index contributed by atoms with van der Waals surface area (Å²) in [6.07, 6.45) is 0.940. The van der Waals surface area contributed by atoms with Crippen LogP contribution in [0.2, 0.25) is 0 Å². The summed E-state index contributed by atoms with van der Waals surface area (Å²) >= 11 is 0. The van der Waals surface area contributed by atoms with Crippen molar-refractivity contribution in [1.29, 1.82) is 0 Å². The maximum atomic E-state index is 6.23. The Balaban J connectivity index is 1.62. The second kappa shape index (κ2) is 8.55. The molecular weight excluding hydrogens is 398 g/mol. The van der Waals surface area contributed by atoms with Gasteiger partial charge in [0.15, 0.2) is 0 Å². The zero-order chi connectivity index (χ0) is 21.9. The van der Waals surface area contributed by atoms with Gasteiger partial charge in [0.1, 0.15) is 22.9 Å². The normalized spacial score (nSPS) is 11.8. The second-order valence-corrected chi connectivity index (χ2v) is 7.52. The van der Waals surface area contributed by atoms with Gasteiger partial charge in [0.25, 0.3) is 0 Å². The molecule has 5 aromatic rings. The Labute approximate surface area is 186 Å². The predicted molar refractivity (Wildman–Crippen MR) is 129 cm³/mol. The lowest BCUT2D eigenvalue weighted by atomic mass is 10.1. The monoisotopic (exact) mass is 421 g/mol. The van der Waals surface area contributed by atoms with Gasteiger partial charge in [0.05, 0.1) is 18.0 Å². The molecule has 0 atom stereocenters. The van der Waals surface area contributed by atoms with E-state index in [-0.39, 0.29) is 0 Å². The minimum atomic E-state index is 0.690. The molecule has 158 valence electrons. The van der Waals surface area contributed by atoms with Crippen molar-refractivity contribution in [1.82, 2.24) is 4.98 Å². The van der Waals surface area contributed by atoms with Crippen LogP contribution in [0.5, 0.6) is 5.75 Å². The van der Waals surface area contributed by atoms with Gasteiger partial charge in [-0.25, -0.2) is 4.98 Å². The number of nitrogens with one attached hydrogen (secondary N) is 1. The molecule has 0 unspecified atom stereocenters. The molecule has 5 rings (SSSR count). The summed E-state index contributed by atoms with van der Waals surface area (Å²) in [4.78, 5) is 4.66. The molecule has 2 aromatic heterocycles. The molecule has 32 heavy (non-hydrogen) atoms. The molecule has 0 aliphatic rings. The lowest BCUT2D eigenvalue weighted by Crippen LogP contribution is -2.08. The third kappa shape index (κ3) is 3.93. The topological polar surface area (TPSA) is 59.7 Å². The number of benzene rings is 3. The van der Waals surface area contributed by atoms with Gasteiger partial charge in [-0.3, -0.25) is 5.43 Å². The Morgan fingerprint density at radius 1 is 0.938 bits per heavy atom. The van der Waals surface area contributed by atoms with Crippen molar-refractivity contribution in [2.24, 2.45) is 5.10 Å². The van der Waals surface area contributed by atoms with Crippen molar-refractivity contribution >= 4 is 27.7 Å². The number of ether oxygens (including phenoxy) is 1. The molecule has 5 heteroatoms. The highest BCUT2D eigenvalue weighted by Gasteiger charge is 2.08. The number of anilines is 1. The van der Waals surface area contributed by atoms with E-state index in [9.17, 15) is 0 Å². The molecule has 0 aliphatic heterocycles. The van der Waals surface area contributed by atoms with Crippen LogP contribution in [-0.4, -0.2) is 12.1 Å². The minimum Gasteiger partial charge on any atom is -0.497 e. The Bertz CT molecular complexity index is 1470. The van der Waals surface area contributed by atoms with Crippen LogP contribution in [0.1, 0.15) is 12.5 Å². The summed E-state index contributed by atoms with van der Waals surface area (Å²) in [5.74, 6) is 2.22. The summed E-state index contributed by atoms with van der Waals surface area (Å²) < 4.78 is 11.5. The summed E-state index contributed by atoms with van der Waals surface area (Å²) in [5, 5.41) is 7.55. The highest BCUT2D eigenvalue weighted by atomic mass is 16.5. The molecule has 0 saturated heterocycles. The maximum Gasteiger partial charge on any atom is 0.146 e. The van der Waals surface area contributed by atoms with Crippen molar-refractivity contribution in [2.45, 2.75) is 13.3 Å². The van der Waals surface area contributed by atoms with Gasteiger partial charge < -0.3 is 9.15 Å². The fraction of sp³-hybridized carbons (Fsp3) is 0.111. The number of hydrogen-bond acceptors (Lipinski definition) is 5. The van der Waals surface area contributed by atoms with Crippen LogP contribution in [0.4, 0.5) is 5.82 Å². The molecule has 0 bridgehead atoms. The lowest BCUT2D eigenvalue weighted by molar-refractivity contribution is 0.415. The van der Waals surface area contributed by atoms with Crippen LogP contribution in [0.15, 0.2) is 94.4 Å². The highest BCUT2D eigenvalue weighted by Crippen LogP contribution is 2.25. The van der Waals surface area contributed by atoms with E-state index in [1.807, 2.05) is 72.8 Å². The first-order valence-corrected chi connectivity index (χ1v) is 10.6. The van der Waals surface area contributed by atoms with Gasteiger partial charge in [-0.1, -0.05) is 31.2 Å². The third-order valence-electron chi connectivity index (χ3n) is 5.48. The number of aryl methyl sites for hydroxylation is 1. The number of pyridine rings is 1.